The van der Waals surface area contributed by atoms with Crippen LogP contribution in [0.15, 0.2) is 12.1 Å². The summed E-state index contributed by atoms with van der Waals surface area (Å²) < 4.78 is 4.44. The molecular weight excluding hydrogens is 276 g/mol. The molecule has 1 rings (SSSR count). The molecule has 0 fully saturated rings. The van der Waals surface area contributed by atoms with E-state index in [2.05, 4.69) is 4.74 Å². The average molecular weight is 287 g/mol. The Bertz CT molecular complexity index is 375. The van der Waals surface area contributed by atoms with E-state index in [0.717, 1.165) is 0 Å². The first-order chi connectivity index (χ1) is 6.97. The van der Waals surface area contributed by atoms with Crippen molar-refractivity contribution in [3.63, 3.8) is 0 Å². The lowest BCUT2D eigenvalue weighted by molar-refractivity contribution is -0.142. The van der Waals surface area contributed by atoms with Crippen molar-refractivity contribution in [2.24, 2.45) is 5.73 Å². The van der Waals surface area contributed by atoms with E-state index in [-0.39, 0.29) is 33.8 Å². The smallest absolute Gasteiger partial charge is 0.327 e. The molecular formula is C9H10Cl3NO3. The van der Waals surface area contributed by atoms with E-state index in [1.54, 1.807) is 0 Å². The maximum Gasteiger partial charge on any atom is 0.327 e. The second kappa shape index (κ2) is 6.15. The monoisotopic (exact) mass is 285 g/mol. The van der Waals surface area contributed by atoms with Crippen molar-refractivity contribution in [3.05, 3.63) is 27.7 Å². The zero-order valence-electron chi connectivity index (χ0n) is 8.24. The van der Waals surface area contributed by atoms with Gasteiger partial charge >= 0.3 is 5.97 Å². The van der Waals surface area contributed by atoms with Crippen LogP contribution in [0.2, 0.25) is 10.0 Å². The molecule has 1 aromatic carbocycles. The Kier molecular flexibility index (Phi) is 5.89. The fourth-order valence-electron chi connectivity index (χ4n) is 1.12. The molecule has 0 aliphatic heterocycles. The number of phenolic OH excluding ortho intramolecular Hbond substituents is 1. The fourth-order valence-corrected chi connectivity index (χ4v) is 1.72. The Labute approximate surface area is 109 Å². The third-order valence-corrected chi connectivity index (χ3v) is 2.37. The molecule has 0 unspecified atom stereocenters. The lowest BCUT2D eigenvalue weighted by Crippen LogP contribution is -2.23. The van der Waals surface area contributed by atoms with Crippen molar-refractivity contribution >= 4 is 41.6 Å². The number of ether oxygens (including phenoxy) is 1. The van der Waals surface area contributed by atoms with Crippen molar-refractivity contribution in [1.82, 2.24) is 0 Å². The van der Waals surface area contributed by atoms with E-state index in [4.69, 9.17) is 28.9 Å². The summed E-state index contributed by atoms with van der Waals surface area (Å²) in [4.78, 5) is 11.2. The molecule has 16 heavy (non-hydrogen) atoms. The number of carbonyl (C=O) groups is 1. The molecule has 0 radical (unpaired) electrons. The second-order valence-corrected chi connectivity index (χ2v) is 3.66. The fraction of sp³-hybridized carbons (Fsp3) is 0.222. The van der Waals surface area contributed by atoms with Crippen molar-refractivity contribution in [1.29, 1.82) is 0 Å². The van der Waals surface area contributed by atoms with Gasteiger partial charge in [-0.15, -0.1) is 12.4 Å². The van der Waals surface area contributed by atoms with Crippen molar-refractivity contribution in [2.45, 2.75) is 6.04 Å². The van der Waals surface area contributed by atoms with Crippen LogP contribution in [0, 0.1) is 0 Å². The lowest BCUT2D eigenvalue weighted by atomic mass is 10.1. The van der Waals surface area contributed by atoms with Crippen LogP contribution >= 0.6 is 35.6 Å². The first-order valence-electron chi connectivity index (χ1n) is 3.98. The van der Waals surface area contributed by atoms with E-state index in [1.165, 1.54) is 19.2 Å². The van der Waals surface area contributed by atoms with Gasteiger partial charge in [-0.2, -0.15) is 0 Å². The summed E-state index contributed by atoms with van der Waals surface area (Å²) >= 11 is 11.4. The minimum Gasteiger partial charge on any atom is -0.507 e. The molecule has 1 atom stereocenters. The largest absolute Gasteiger partial charge is 0.507 e. The molecule has 4 nitrogen and oxygen atoms in total. The van der Waals surface area contributed by atoms with E-state index < -0.39 is 12.0 Å². The molecule has 0 spiro atoms. The van der Waals surface area contributed by atoms with Crippen LogP contribution in [0.1, 0.15) is 11.6 Å². The van der Waals surface area contributed by atoms with Gasteiger partial charge in [0.05, 0.1) is 12.1 Å². The van der Waals surface area contributed by atoms with Gasteiger partial charge in [0.1, 0.15) is 11.8 Å². The Morgan fingerprint density at radius 3 is 2.50 bits per heavy atom. The molecule has 0 amide bonds. The van der Waals surface area contributed by atoms with Crippen LogP contribution in [0.3, 0.4) is 0 Å². The summed E-state index contributed by atoms with van der Waals surface area (Å²) in [7, 11) is 1.20. The van der Waals surface area contributed by atoms with E-state index in [9.17, 15) is 9.90 Å². The minimum atomic E-state index is -1.13. The number of esters is 1. The molecule has 0 saturated heterocycles. The summed E-state index contributed by atoms with van der Waals surface area (Å²) in [6.07, 6.45) is 0. The van der Waals surface area contributed by atoms with Gasteiger partial charge in [0, 0.05) is 10.6 Å². The SMILES string of the molecule is COC(=O)[C@H](N)c1c(O)cc(Cl)cc1Cl.Cl. The average Bonchev–Trinajstić information content (AvgIpc) is 2.14. The Balaban J connectivity index is 0.00000225. The Morgan fingerprint density at radius 2 is 2.06 bits per heavy atom. The zero-order chi connectivity index (χ0) is 11.6. The van der Waals surface area contributed by atoms with E-state index >= 15 is 0 Å². The number of rotatable bonds is 2. The van der Waals surface area contributed by atoms with Gasteiger partial charge in [0.25, 0.3) is 0 Å². The molecule has 0 bridgehead atoms. The predicted molar refractivity (Wildman–Crippen MR) is 64.3 cm³/mol. The maximum absolute atomic E-state index is 11.2. The van der Waals surface area contributed by atoms with Gasteiger partial charge < -0.3 is 15.6 Å². The number of hydrogen-bond acceptors (Lipinski definition) is 4. The molecule has 7 heteroatoms. The Hall–Kier alpha value is -0.680. The van der Waals surface area contributed by atoms with Gasteiger partial charge in [-0.25, -0.2) is 0 Å². The molecule has 1 aromatic rings. The van der Waals surface area contributed by atoms with Gasteiger partial charge in [0.2, 0.25) is 0 Å². The molecule has 0 aromatic heterocycles. The summed E-state index contributed by atoms with van der Waals surface area (Å²) in [5.74, 6) is -0.917. The van der Waals surface area contributed by atoms with Crippen LogP contribution in [0.4, 0.5) is 0 Å². The van der Waals surface area contributed by atoms with E-state index in [1.807, 2.05) is 0 Å². The molecule has 3 N–H and O–H groups in total. The third kappa shape index (κ3) is 3.15. The number of hydrogen-bond donors (Lipinski definition) is 2. The van der Waals surface area contributed by atoms with Crippen LogP contribution in [-0.2, 0) is 9.53 Å². The highest BCUT2D eigenvalue weighted by atomic mass is 35.5. The van der Waals surface area contributed by atoms with Crippen molar-refractivity contribution in [3.8, 4) is 5.75 Å². The van der Waals surface area contributed by atoms with Crippen LogP contribution in [-0.4, -0.2) is 18.2 Å². The maximum atomic E-state index is 11.2. The lowest BCUT2D eigenvalue weighted by Gasteiger charge is -2.13. The number of halogens is 3. The van der Waals surface area contributed by atoms with E-state index in [0.29, 0.717) is 0 Å². The summed E-state index contributed by atoms with van der Waals surface area (Å²) in [6, 6.07) is 1.52. The van der Waals surface area contributed by atoms with Crippen molar-refractivity contribution in [2.75, 3.05) is 7.11 Å². The topological polar surface area (TPSA) is 72.5 Å². The normalized spacial score (nSPS) is 11.5. The highest BCUT2D eigenvalue weighted by molar-refractivity contribution is 6.35. The molecule has 0 saturated carbocycles. The van der Waals surface area contributed by atoms with Gasteiger partial charge in [-0.05, 0) is 12.1 Å². The molecule has 0 aliphatic rings. The summed E-state index contributed by atoms with van der Waals surface area (Å²) in [6.45, 7) is 0. The predicted octanol–water partition coefficient (Wildman–Crippen LogP) is 2.29. The van der Waals surface area contributed by atoms with Gasteiger partial charge in [-0.1, -0.05) is 23.2 Å². The first kappa shape index (κ1) is 15.3. The molecule has 0 heterocycles. The second-order valence-electron chi connectivity index (χ2n) is 2.82. The minimum absolute atomic E-state index is 0. The van der Waals surface area contributed by atoms with Gasteiger partial charge in [-0.3, -0.25) is 4.79 Å². The number of aromatic hydroxyl groups is 1. The summed E-state index contributed by atoms with van der Waals surface area (Å²) in [5.41, 5.74) is 5.64. The number of benzene rings is 1. The first-order valence-corrected chi connectivity index (χ1v) is 4.74. The number of nitrogens with two attached hydrogens (primary N) is 1. The molecule has 90 valence electrons. The van der Waals surface area contributed by atoms with Crippen molar-refractivity contribution < 1.29 is 14.6 Å². The highest BCUT2D eigenvalue weighted by Gasteiger charge is 2.23. The molecule has 0 aliphatic carbocycles. The zero-order valence-corrected chi connectivity index (χ0v) is 10.6. The van der Waals surface area contributed by atoms with Crippen LogP contribution < -0.4 is 5.73 Å². The highest BCUT2D eigenvalue weighted by Crippen LogP contribution is 2.34. The summed E-state index contributed by atoms with van der Waals surface area (Å²) in [5, 5.41) is 9.92. The van der Waals surface area contributed by atoms with Crippen LogP contribution in [0.5, 0.6) is 5.75 Å². The third-order valence-electron chi connectivity index (χ3n) is 1.84. The quantitative estimate of drug-likeness (QED) is 0.818. The number of carbonyl (C=O) groups excluding carboxylic acids is 1. The van der Waals surface area contributed by atoms with Gasteiger partial charge in [0.15, 0.2) is 0 Å². The Morgan fingerprint density at radius 1 is 1.50 bits per heavy atom. The standard InChI is InChI=1S/C9H9Cl2NO3.ClH/c1-15-9(14)8(12)7-5(11)2-4(10)3-6(7)13;/h2-3,8,13H,12H2,1H3;1H/t8-;/m1./s1. The number of phenols is 1. The van der Waals surface area contributed by atoms with Crippen LogP contribution in [0.25, 0.3) is 0 Å². The number of methoxy groups -OCH3 is 1.